The van der Waals surface area contributed by atoms with Gasteiger partial charge in [-0.2, -0.15) is 0 Å². The number of nitrogens with zero attached hydrogens (tertiary/aromatic N) is 8. The Bertz CT molecular complexity index is 1370. The molecule has 11 nitrogen and oxygen atoms in total. The Kier molecular flexibility index (Phi) is 8.80. The van der Waals surface area contributed by atoms with E-state index in [2.05, 4.69) is 29.6 Å². The molecule has 0 unspecified atom stereocenters. The monoisotopic (exact) mass is 572 g/mol. The molecule has 0 spiro atoms. The van der Waals surface area contributed by atoms with Crippen molar-refractivity contribution >= 4 is 22.7 Å². The van der Waals surface area contributed by atoms with Crippen molar-refractivity contribution in [3.63, 3.8) is 0 Å². The summed E-state index contributed by atoms with van der Waals surface area (Å²) in [6.45, 7) is 8.09. The van der Waals surface area contributed by atoms with E-state index < -0.39 is 12.2 Å². The summed E-state index contributed by atoms with van der Waals surface area (Å²) >= 11 is 0. The number of imidazole rings is 1. The normalized spacial score (nSPS) is 18.4. The third kappa shape index (κ3) is 6.49. The highest BCUT2D eigenvalue weighted by atomic mass is 16.3. The van der Waals surface area contributed by atoms with E-state index >= 15 is 0 Å². The zero-order chi connectivity index (χ0) is 28.9. The van der Waals surface area contributed by atoms with Gasteiger partial charge in [-0.05, 0) is 36.4 Å². The smallest absolute Gasteiger partial charge is 0.329 e. The second-order valence-corrected chi connectivity index (χ2v) is 11.3. The average Bonchev–Trinajstić information content (AvgIpc) is 3.28. The van der Waals surface area contributed by atoms with E-state index in [1.54, 1.807) is 9.13 Å². The molecule has 2 fully saturated rings. The zero-order valence-electron chi connectivity index (χ0n) is 23.9. The van der Waals surface area contributed by atoms with Crippen molar-refractivity contribution in [1.82, 2.24) is 28.9 Å². The number of piperazine rings is 2. The highest BCUT2D eigenvalue weighted by Gasteiger charge is 2.24. The molecule has 1 aromatic carbocycles. The van der Waals surface area contributed by atoms with Gasteiger partial charge >= 0.3 is 5.69 Å². The van der Waals surface area contributed by atoms with Crippen LogP contribution in [0.5, 0.6) is 0 Å². The fourth-order valence-electron chi connectivity index (χ4n) is 6.16. The number of fused-ring (bicyclic) bond motifs is 1. The summed E-state index contributed by atoms with van der Waals surface area (Å²) in [7, 11) is 0. The van der Waals surface area contributed by atoms with Gasteiger partial charge in [-0.15, -0.1) is 0 Å². The molecule has 222 valence electrons. The fraction of sp³-hybridized carbons (Fsp3) is 0.452. The zero-order valence-corrected chi connectivity index (χ0v) is 23.9. The Balaban J connectivity index is 1.05. The van der Waals surface area contributed by atoms with E-state index in [4.69, 9.17) is 0 Å². The van der Waals surface area contributed by atoms with E-state index in [9.17, 15) is 15.0 Å². The van der Waals surface area contributed by atoms with Crippen LogP contribution in [0.3, 0.4) is 0 Å². The molecule has 0 saturated carbocycles. The number of anilines is 2. The van der Waals surface area contributed by atoms with Crippen molar-refractivity contribution in [2.45, 2.75) is 25.3 Å². The molecule has 3 aromatic heterocycles. The second kappa shape index (κ2) is 13.0. The van der Waals surface area contributed by atoms with Crippen molar-refractivity contribution in [3.05, 3.63) is 83.5 Å². The lowest BCUT2D eigenvalue weighted by atomic mass is 10.2. The first-order chi connectivity index (χ1) is 20.5. The molecule has 0 bridgehead atoms. The molecule has 0 radical (unpaired) electrons. The molecular weight excluding hydrogens is 532 g/mol. The highest BCUT2D eigenvalue weighted by Crippen LogP contribution is 2.17. The molecule has 5 heterocycles. The van der Waals surface area contributed by atoms with Gasteiger partial charge in [-0.25, -0.2) is 14.8 Å². The van der Waals surface area contributed by atoms with Gasteiger partial charge in [0, 0.05) is 77.8 Å². The van der Waals surface area contributed by atoms with Crippen LogP contribution in [0, 0.1) is 0 Å². The third-order valence-electron chi connectivity index (χ3n) is 8.34. The molecule has 2 aliphatic heterocycles. The standard InChI is InChI=1S/C31H40N8O3/c40-25(21-34-13-17-36(18-14-34)29-9-3-5-11-32-29)23-38-27-7-1-2-8-28(27)39(31(38)42)24-26(41)22-35-15-19-37(20-16-35)30-10-4-6-12-33-30/h1-12,25-26,40-41H,13-24H2/t25-,26+. The second-order valence-electron chi connectivity index (χ2n) is 11.3. The Morgan fingerprint density at radius 1 is 0.571 bits per heavy atom. The van der Waals surface area contributed by atoms with Crippen LogP contribution in [0.15, 0.2) is 77.9 Å². The molecular formula is C31H40N8O3. The molecule has 42 heavy (non-hydrogen) atoms. The largest absolute Gasteiger partial charge is 0.390 e. The molecule has 4 aromatic rings. The number of aliphatic hydroxyl groups excluding tert-OH is 2. The summed E-state index contributed by atoms with van der Waals surface area (Å²) in [5, 5.41) is 22.1. The molecule has 2 aliphatic rings. The lowest BCUT2D eigenvalue weighted by molar-refractivity contribution is 0.0910. The number of benzene rings is 1. The van der Waals surface area contributed by atoms with E-state index in [-0.39, 0.29) is 18.8 Å². The van der Waals surface area contributed by atoms with E-state index in [1.165, 1.54) is 0 Å². The van der Waals surface area contributed by atoms with Gasteiger partial charge in [0.05, 0.1) is 36.3 Å². The van der Waals surface area contributed by atoms with Crippen LogP contribution in [-0.2, 0) is 13.1 Å². The van der Waals surface area contributed by atoms with Gasteiger partial charge in [0.1, 0.15) is 11.6 Å². The van der Waals surface area contributed by atoms with Crippen LogP contribution in [0.2, 0.25) is 0 Å². The first-order valence-corrected chi connectivity index (χ1v) is 14.9. The number of aromatic nitrogens is 4. The van der Waals surface area contributed by atoms with Crippen LogP contribution < -0.4 is 15.5 Å². The first kappa shape index (κ1) is 28.4. The minimum Gasteiger partial charge on any atom is -0.390 e. The summed E-state index contributed by atoms with van der Waals surface area (Å²) in [4.78, 5) is 31.5. The van der Waals surface area contributed by atoms with Gasteiger partial charge in [0.2, 0.25) is 0 Å². The number of hydrogen-bond donors (Lipinski definition) is 2. The predicted molar refractivity (Wildman–Crippen MR) is 164 cm³/mol. The number of rotatable bonds is 10. The third-order valence-corrected chi connectivity index (χ3v) is 8.34. The summed E-state index contributed by atoms with van der Waals surface area (Å²) < 4.78 is 3.31. The maximum absolute atomic E-state index is 13.6. The minimum atomic E-state index is -0.691. The Morgan fingerprint density at radius 2 is 0.976 bits per heavy atom. The van der Waals surface area contributed by atoms with Crippen LogP contribution in [0.25, 0.3) is 11.0 Å². The molecule has 11 heteroatoms. The average molecular weight is 573 g/mol. The number of pyridine rings is 2. The van der Waals surface area contributed by atoms with Crippen LogP contribution >= 0.6 is 0 Å². The molecule has 2 saturated heterocycles. The summed E-state index contributed by atoms with van der Waals surface area (Å²) in [6.07, 6.45) is 2.24. The van der Waals surface area contributed by atoms with Crippen LogP contribution in [0.1, 0.15) is 0 Å². The quantitative estimate of drug-likeness (QED) is 0.288. The highest BCUT2D eigenvalue weighted by molar-refractivity contribution is 5.76. The summed E-state index contributed by atoms with van der Waals surface area (Å²) in [6, 6.07) is 19.5. The van der Waals surface area contributed by atoms with E-state index in [0.29, 0.717) is 13.1 Å². The Hall–Kier alpha value is -3.77. The maximum atomic E-state index is 13.6. The van der Waals surface area contributed by atoms with Gasteiger partial charge < -0.3 is 20.0 Å². The van der Waals surface area contributed by atoms with Gasteiger partial charge in [-0.1, -0.05) is 24.3 Å². The molecule has 0 aliphatic carbocycles. The van der Waals surface area contributed by atoms with E-state index in [1.807, 2.05) is 73.1 Å². The van der Waals surface area contributed by atoms with Crippen molar-refractivity contribution < 1.29 is 10.2 Å². The van der Waals surface area contributed by atoms with Gasteiger partial charge in [-0.3, -0.25) is 18.9 Å². The van der Waals surface area contributed by atoms with Crippen molar-refractivity contribution in [1.29, 1.82) is 0 Å². The van der Waals surface area contributed by atoms with Gasteiger partial charge in [0.25, 0.3) is 0 Å². The van der Waals surface area contributed by atoms with Crippen molar-refractivity contribution in [2.24, 2.45) is 0 Å². The molecule has 2 atom stereocenters. The van der Waals surface area contributed by atoms with Crippen molar-refractivity contribution in [2.75, 3.05) is 75.2 Å². The van der Waals surface area contributed by atoms with E-state index in [0.717, 1.165) is 75.0 Å². The molecule has 2 N–H and O–H groups in total. The van der Waals surface area contributed by atoms with Crippen molar-refractivity contribution in [3.8, 4) is 0 Å². The predicted octanol–water partition coefficient (Wildman–Crippen LogP) is 0.959. The molecule has 6 rings (SSSR count). The van der Waals surface area contributed by atoms with Crippen LogP contribution in [0.4, 0.5) is 11.6 Å². The number of β-amino-alcohol motifs (C(OH)–C–C–N with tert-alkyl or cyclic N) is 2. The number of aliphatic hydroxyl groups is 2. The maximum Gasteiger partial charge on any atom is 0.329 e. The first-order valence-electron chi connectivity index (χ1n) is 14.9. The topological polar surface area (TPSA) is 106 Å². The molecule has 0 amide bonds. The number of para-hydroxylation sites is 2. The fourth-order valence-corrected chi connectivity index (χ4v) is 6.16. The summed E-state index contributed by atoms with van der Waals surface area (Å²) in [5.74, 6) is 1.96. The Labute approximate surface area is 245 Å². The minimum absolute atomic E-state index is 0.200. The number of hydrogen-bond acceptors (Lipinski definition) is 9. The SMILES string of the molecule is O=c1n(C[C@H](O)CN2CCN(c3ccccn3)CC2)c2ccccc2n1C[C@@H](O)CN1CCN(c2ccccn2)CC1. The summed E-state index contributed by atoms with van der Waals surface area (Å²) in [5.41, 5.74) is 1.35. The lowest BCUT2D eigenvalue weighted by Crippen LogP contribution is -2.49. The van der Waals surface area contributed by atoms with Gasteiger partial charge in [0.15, 0.2) is 0 Å². The lowest BCUT2D eigenvalue weighted by Gasteiger charge is -2.36. The van der Waals surface area contributed by atoms with Crippen LogP contribution in [-0.4, -0.2) is 117 Å². The Morgan fingerprint density at radius 3 is 1.36 bits per heavy atom.